The summed E-state index contributed by atoms with van der Waals surface area (Å²) in [5.41, 5.74) is 3.74. The number of aromatic nitrogens is 1. The lowest BCUT2D eigenvalue weighted by Gasteiger charge is -2.14. The van der Waals surface area contributed by atoms with Crippen molar-refractivity contribution >= 4 is 22.7 Å². The van der Waals surface area contributed by atoms with Gasteiger partial charge in [0, 0.05) is 17.0 Å². The van der Waals surface area contributed by atoms with Gasteiger partial charge in [0.25, 0.3) is 5.56 Å². The van der Waals surface area contributed by atoms with Crippen molar-refractivity contribution in [1.82, 2.24) is 4.57 Å². The van der Waals surface area contributed by atoms with E-state index in [-0.39, 0.29) is 11.4 Å². The molecule has 0 saturated carbocycles. The van der Waals surface area contributed by atoms with E-state index in [9.17, 15) is 9.90 Å². The summed E-state index contributed by atoms with van der Waals surface area (Å²) in [5, 5.41) is 12.2. The summed E-state index contributed by atoms with van der Waals surface area (Å²) in [7, 11) is 0. The molecular weight excluding hydrogens is 348 g/mol. The third kappa shape index (κ3) is 3.09. The Hall–Kier alpha value is -3.66. The molecule has 4 aromatic rings. The van der Waals surface area contributed by atoms with E-state index in [1.54, 1.807) is 12.3 Å². The summed E-state index contributed by atoms with van der Waals surface area (Å²) in [6.07, 6.45) is 1.63. The van der Waals surface area contributed by atoms with Gasteiger partial charge >= 0.3 is 0 Å². The zero-order valence-electron chi connectivity index (χ0n) is 15.8. The number of hydrogen-bond donors (Lipinski definition) is 1. The van der Waals surface area contributed by atoms with Gasteiger partial charge in [0.2, 0.25) is 5.88 Å². The summed E-state index contributed by atoms with van der Waals surface area (Å²) in [5.74, 6) is -0.119. The van der Waals surface area contributed by atoms with Crippen LogP contribution >= 0.6 is 0 Å². The maximum Gasteiger partial charge on any atom is 0.265 e. The summed E-state index contributed by atoms with van der Waals surface area (Å²) >= 11 is 0. The Kier molecular flexibility index (Phi) is 4.53. The number of nitrogens with zero attached hydrogens (tertiary/aromatic N) is 2. The molecule has 0 unspecified atom stereocenters. The molecule has 0 fully saturated rings. The quantitative estimate of drug-likeness (QED) is 0.514. The smallest absolute Gasteiger partial charge is 0.265 e. The second-order valence-electron chi connectivity index (χ2n) is 6.81. The maximum atomic E-state index is 13.1. The first kappa shape index (κ1) is 17.7. The Labute approximate surface area is 163 Å². The second kappa shape index (κ2) is 7.16. The second-order valence-corrected chi connectivity index (χ2v) is 6.81. The van der Waals surface area contributed by atoms with Gasteiger partial charge in [-0.05, 0) is 49.2 Å². The van der Waals surface area contributed by atoms with Gasteiger partial charge in [-0.15, -0.1) is 0 Å². The van der Waals surface area contributed by atoms with Crippen LogP contribution < -0.4 is 5.56 Å². The molecule has 0 saturated heterocycles. The lowest BCUT2D eigenvalue weighted by molar-refractivity contribution is 0.436. The number of aromatic hydroxyl groups is 1. The molecule has 1 aromatic heterocycles. The molecule has 0 bridgehead atoms. The normalized spacial score (nSPS) is 11.4. The van der Waals surface area contributed by atoms with E-state index in [0.717, 1.165) is 16.8 Å². The van der Waals surface area contributed by atoms with E-state index in [2.05, 4.69) is 4.99 Å². The number of aryl methyl sites for hydroxylation is 2. The highest BCUT2D eigenvalue weighted by molar-refractivity contribution is 6.02. The molecule has 28 heavy (non-hydrogen) atoms. The standard InChI is InChI=1S/C24H20N2O2/c1-16-8-7-10-18(14-16)26-23(27)20-12-5-4-11-19(20)21(24(26)28)15-25-22-13-6-3-9-17(22)2/h3-15,28H,1-2H3. The van der Waals surface area contributed by atoms with Crippen molar-refractivity contribution in [1.29, 1.82) is 0 Å². The SMILES string of the molecule is Cc1cccc(-n2c(O)c(C=Nc3ccccc3C)c3ccccc3c2=O)c1. The number of fused-ring (bicyclic) bond motifs is 1. The number of hydrogen-bond acceptors (Lipinski definition) is 3. The summed E-state index contributed by atoms with van der Waals surface area (Å²) in [6.45, 7) is 3.94. The molecule has 4 rings (SSSR count). The Bertz CT molecular complexity index is 1270. The van der Waals surface area contributed by atoms with Gasteiger partial charge in [0.15, 0.2) is 0 Å². The van der Waals surface area contributed by atoms with Gasteiger partial charge in [-0.25, -0.2) is 4.57 Å². The molecule has 1 N–H and O–H groups in total. The summed E-state index contributed by atoms with van der Waals surface area (Å²) in [6, 6.07) is 22.6. The first-order chi connectivity index (χ1) is 13.6. The van der Waals surface area contributed by atoms with Crippen molar-refractivity contribution in [2.75, 3.05) is 0 Å². The topological polar surface area (TPSA) is 54.6 Å². The third-order valence-electron chi connectivity index (χ3n) is 4.81. The summed E-state index contributed by atoms with van der Waals surface area (Å²) < 4.78 is 1.34. The van der Waals surface area contributed by atoms with Gasteiger partial charge in [-0.2, -0.15) is 0 Å². The lowest BCUT2D eigenvalue weighted by atomic mass is 10.1. The highest BCUT2D eigenvalue weighted by Crippen LogP contribution is 2.27. The van der Waals surface area contributed by atoms with E-state index in [1.807, 2.05) is 80.6 Å². The number of pyridine rings is 1. The van der Waals surface area contributed by atoms with Gasteiger partial charge in [0.1, 0.15) is 0 Å². The Morgan fingerprint density at radius 2 is 1.61 bits per heavy atom. The minimum Gasteiger partial charge on any atom is -0.494 e. The molecule has 4 heteroatoms. The molecule has 0 spiro atoms. The van der Waals surface area contributed by atoms with Crippen molar-refractivity contribution in [3.8, 4) is 11.6 Å². The molecular formula is C24H20N2O2. The predicted molar refractivity (Wildman–Crippen MR) is 114 cm³/mol. The minimum absolute atomic E-state index is 0.119. The van der Waals surface area contributed by atoms with Crippen LogP contribution in [0.25, 0.3) is 16.5 Å². The Morgan fingerprint density at radius 3 is 2.36 bits per heavy atom. The molecule has 3 aromatic carbocycles. The van der Waals surface area contributed by atoms with Crippen LogP contribution in [0.5, 0.6) is 5.88 Å². The van der Waals surface area contributed by atoms with Crippen molar-refractivity contribution in [3.05, 3.63) is 99.8 Å². The summed E-state index contributed by atoms with van der Waals surface area (Å²) in [4.78, 5) is 17.7. The fourth-order valence-corrected chi connectivity index (χ4v) is 3.34. The largest absolute Gasteiger partial charge is 0.494 e. The predicted octanol–water partition coefficient (Wildman–Crippen LogP) is 5.06. The van der Waals surface area contributed by atoms with Crippen molar-refractivity contribution in [2.24, 2.45) is 4.99 Å². The average molecular weight is 368 g/mol. The van der Waals surface area contributed by atoms with Gasteiger partial charge < -0.3 is 5.11 Å². The van der Waals surface area contributed by atoms with E-state index in [0.29, 0.717) is 22.0 Å². The Morgan fingerprint density at radius 1 is 0.893 bits per heavy atom. The number of para-hydroxylation sites is 1. The first-order valence-corrected chi connectivity index (χ1v) is 9.10. The van der Waals surface area contributed by atoms with E-state index < -0.39 is 0 Å². The molecule has 0 radical (unpaired) electrons. The van der Waals surface area contributed by atoms with Crippen LogP contribution in [0.2, 0.25) is 0 Å². The van der Waals surface area contributed by atoms with Crippen LogP contribution in [0.1, 0.15) is 16.7 Å². The van der Waals surface area contributed by atoms with Crippen molar-refractivity contribution in [2.45, 2.75) is 13.8 Å². The molecule has 4 nitrogen and oxygen atoms in total. The van der Waals surface area contributed by atoms with Crippen molar-refractivity contribution < 1.29 is 5.11 Å². The fourth-order valence-electron chi connectivity index (χ4n) is 3.34. The lowest BCUT2D eigenvalue weighted by Crippen LogP contribution is -2.20. The number of aliphatic imine (C=N–C) groups is 1. The van der Waals surface area contributed by atoms with Gasteiger partial charge in [-0.3, -0.25) is 9.79 Å². The van der Waals surface area contributed by atoms with Crippen LogP contribution in [0.3, 0.4) is 0 Å². The monoisotopic (exact) mass is 368 g/mol. The van der Waals surface area contributed by atoms with Crippen LogP contribution in [0.15, 0.2) is 82.6 Å². The van der Waals surface area contributed by atoms with Crippen LogP contribution in [-0.4, -0.2) is 15.9 Å². The van der Waals surface area contributed by atoms with Crippen LogP contribution in [0, 0.1) is 13.8 Å². The average Bonchev–Trinajstić information content (AvgIpc) is 2.69. The molecule has 0 aliphatic carbocycles. The zero-order valence-corrected chi connectivity index (χ0v) is 15.8. The molecule has 138 valence electrons. The van der Waals surface area contributed by atoms with Crippen LogP contribution in [0.4, 0.5) is 5.69 Å². The highest BCUT2D eigenvalue weighted by atomic mass is 16.3. The molecule has 0 aliphatic heterocycles. The van der Waals surface area contributed by atoms with Gasteiger partial charge in [-0.1, -0.05) is 48.5 Å². The van der Waals surface area contributed by atoms with Gasteiger partial charge in [0.05, 0.1) is 16.9 Å². The molecule has 0 amide bonds. The first-order valence-electron chi connectivity index (χ1n) is 9.10. The van der Waals surface area contributed by atoms with E-state index in [1.165, 1.54) is 4.57 Å². The number of benzene rings is 3. The van der Waals surface area contributed by atoms with Crippen LogP contribution in [-0.2, 0) is 0 Å². The molecule has 0 aliphatic rings. The highest BCUT2D eigenvalue weighted by Gasteiger charge is 2.16. The Balaban J connectivity index is 2.01. The van der Waals surface area contributed by atoms with Crippen molar-refractivity contribution in [3.63, 3.8) is 0 Å². The molecule has 1 heterocycles. The fraction of sp³-hybridized carbons (Fsp3) is 0.0833. The third-order valence-corrected chi connectivity index (χ3v) is 4.81. The van der Waals surface area contributed by atoms with E-state index >= 15 is 0 Å². The molecule has 0 atom stereocenters. The minimum atomic E-state index is -0.258. The van der Waals surface area contributed by atoms with E-state index in [4.69, 9.17) is 0 Å². The number of rotatable bonds is 3. The zero-order chi connectivity index (χ0) is 19.7. The maximum absolute atomic E-state index is 13.1.